The van der Waals surface area contributed by atoms with Crippen LogP contribution in [0.5, 0.6) is 5.75 Å². The maximum absolute atomic E-state index is 6.38. The van der Waals surface area contributed by atoms with E-state index in [0.717, 1.165) is 35.8 Å². The molecular formula is C28H36ClN7O. The van der Waals surface area contributed by atoms with Gasteiger partial charge in [0.05, 0.1) is 19.0 Å². The lowest BCUT2D eigenvalue weighted by molar-refractivity contribution is 0.0982. The van der Waals surface area contributed by atoms with Gasteiger partial charge in [-0.05, 0) is 50.6 Å². The fourth-order valence-corrected chi connectivity index (χ4v) is 5.27. The van der Waals surface area contributed by atoms with Gasteiger partial charge < -0.3 is 25.2 Å². The van der Waals surface area contributed by atoms with Gasteiger partial charge in [0.15, 0.2) is 5.82 Å². The predicted octanol–water partition coefficient (Wildman–Crippen LogP) is 5.15. The van der Waals surface area contributed by atoms with Crippen LogP contribution in [0.2, 0.25) is 5.02 Å². The maximum Gasteiger partial charge on any atom is 0.229 e. The molecule has 37 heavy (non-hydrogen) atoms. The van der Waals surface area contributed by atoms with Crippen molar-refractivity contribution in [2.75, 3.05) is 69.0 Å². The van der Waals surface area contributed by atoms with Crippen LogP contribution in [-0.4, -0.2) is 79.2 Å². The highest BCUT2D eigenvalue weighted by molar-refractivity contribution is 6.32. The van der Waals surface area contributed by atoms with Gasteiger partial charge in [-0.25, -0.2) is 4.98 Å². The van der Waals surface area contributed by atoms with Crippen LogP contribution in [0, 0.1) is 6.92 Å². The SMILES string of the molecule is COc1cc(N2CCC(N3CCN(C)CC3)CC2)ccc1Nc1ncc(Cl)c(Nc2ccccc2C)n1. The van der Waals surface area contributed by atoms with E-state index in [1.165, 1.54) is 44.7 Å². The molecule has 5 rings (SSSR count). The highest BCUT2D eigenvalue weighted by atomic mass is 35.5. The second-order valence-corrected chi connectivity index (χ2v) is 10.3. The van der Waals surface area contributed by atoms with Crippen LogP contribution in [0.4, 0.5) is 28.8 Å². The number of methoxy groups -OCH3 is 1. The lowest BCUT2D eigenvalue weighted by atomic mass is 10.0. The number of hydrogen-bond acceptors (Lipinski definition) is 8. The third-order valence-electron chi connectivity index (χ3n) is 7.46. The van der Waals surface area contributed by atoms with Crippen LogP contribution in [0.15, 0.2) is 48.7 Å². The Labute approximate surface area is 224 Å². The third kappa shape index (κ3) is 6.09. The Morgan fingerprint density at radius 2 is 1.70 bits per heavy atom. The molecule has 0 spiro atoms. The summed E-state index contributed by atoms with van der Waals surface area (Å²) in [7, 11) is 3.91. The largest absolute Gasteiger partial charge is 0.494 e. The summed E-state index contributed by atoms with van der Waals surface area (Å²) in [6, 6.07) is 15.0. The Hall–Kier alpha value is -3.07. The molecule has 0 saturated carbocycles. The zero-order valence-corrected chi connectivity index (χ0v) is 22.6. The minimum Gasteiger partial charge on any atom is -0.494 e. The van der Waals surface area contributed by atoms with Crippen LogP contribution < -0.4 is 20.3 Å². The molecule has 3 aromatic rings. The van der Waals surface area contributed by atoms with Gasteiger partial charge in [0, 0.05) is 62.8 Å². The Bertz CT molecular complexity index is 1210. The predicted molar refractivity (Wildman–Crippen MR) is 152 cm³/mol. The van der Waals surface area contributed by atoms with Crippen molar-refractivity contribution in [3.63, 3.8) is 0 Å². The van der Waals surface area contributed by atoms with Crippen molar-refractivity contribution in [2.24, 2.45) is 0 Å². The molecule has 3 heterocycles. The van der Waals surface area contributed by atoms with E-state index in [1.807, 2.05) is 37.3 Å². The number of aryl methyl sites for hydroxylation is 1. The molecule has 1 aromatic heterocycles. The second kappa shape index (κ2) is 11.5. The number of nitrogens with zero attached hydrogens (tertiary/aromatic N) is 5. The normalized spacial score (nSPS) is 17.6. The summed E-state index contributed by atoms with van der Waals surface area (Å²) in [4.78, 5) is 16.5. The van der Waals surface area contributed by atoms with Crippen molar-refractivity contribution in [3.8, 4) is 5.75 Å². The van der Waals surface area contributed by atoms with Crippen LogP contribution in [0.25, 0.3) is 0 Å². The summed E-state index contributed by atoms with van der Waals surface area (Å²) < 4.78 is 5.74. The number of para-hydroxylation sites is 1. The molecule has 2 saturated heterocycles. The van der Waals surface area contributed by atoms with Crippen molar-refractivity contribution in [1.82, 2.24) is 19.8 Å². The lowest BCUT2D eigenvalue weighted by Crippen LogP contribution is -2.52. The molecular weight excluding hydrogens is 486 g/mol. The highest BCUT2D eigenvalue weighted by Crippen LogP contribution is 2.34. The quantitative estimate of drug-likeness (QED) is 0.442. The zero-order chi connectivity index (χ0) is 25.8. The van der Waals surface area contributed by atoms with E-state index in [0.29, 0.717) is 22.8 Å². The van der Waals surface area contributed by atoms with Gasteiger partial charge in [-0.1, -0.05) is 29.8 Å². The molecule has 196 valence electrons. The van der Waals surface area contributed by atoms with E-state index in [2.05, 4.69) is 54.5 Å². The van der Waals surface area contributed by atoms with E-state index in [9.17, 15) is 0 Å². The first-order valence-electron chi connectivity index (χ1n) is 13.0. The van der Waals surface area contributed by atoms with E-state index in [4.69, 9.17) is 16.3 Å². The van der Waals surface area contributed by atoms with Crippen LogP contribution in [-0.2, 0) is 0 Å². The molecule has 0 aliphatic carbocycles. The second-order valence-electron chi connectivity index (χ2n) is 9.90. The van der Waals surface area contributed by atoms with E-state index >= 15 is 0 Å². The first-order chi connectivity index (χ1) is 18.0. The Balaban J connectivity index is 1.25. The molecule has 0 unspecified atom stereocenters. The summed E-state index contributed by atoms with van der Waals surface area (Å²) in [5.74, 6) is 1.75. The number of anilines is 5. The van der Waals surface area contributed by atoms with Gasteiger partial charge in [0.1, 0.15) is 10.8 Å². The molecule has 2 aliphatic rings. The fraction of sp³-hybridized carbons (Fsp3) is 0.429. The van der Waals surface area contributed by atoms with E-state index < -0.39 is 0 Å². The number of likely N-dealkylation sites (N-methyl/N-ethyl adjacent to an activating group) is 1. The summed E-state index contributed by atoms with van der Waals surface area (Å²) in [6.45, 7) is 8.87. The van der Waals surface area contributed by atoms with Gasteiger partial charge in [0.2, 0.25) is 5.95 Å². The van der Waals surface area contributed by atoms with Crippen LogP contribution in [0.3, 0.4) is 0 Å². The Kier molecular flexibility index (Phi) is 7.98. The molecule has 9 heteroatoms. The van der Waals surface area contributed by atoms with Crippen molar-refractivity contribution in [1.29, 1.82) is 0 Å². The number of halogens is 1. The highest BCUT2D eigenvalue weighted by Gasteiger charge is 2.27. The average molecular weight is 522 g/mol. The fourth-order valence-electron chi connectivity index (χ4n) is 5.13. The number of aromatic nitrogens is 2. The minimum absolute atomic E-state index is 0.444. The molecule has 8 nitrogen and oxygen atoms in total. The monoisotopic (exact) mass is 521 g/mol. The number of hydrogen-bond donors (Lipinski definition) is 2. The summed E-state index contributed by atoms with van der Waals surface area (Å²) in [6.07, 6.45) is 3.99. The van der Waals surface area contributed by atoms with E-state index in [1.54, 1.807) is 13.3 Å². The van der Waals surface area contributed by atoms with Gasteiger partial charge in [-0.3, -0.25) is 4.90 Å². The van der Waals surface area contributed by atoms with Crippen LogP contribution in [0.1, 0.15) is 18.4 Å². The Morgan fingerprint density at radius 1 is 0.946 bits per heavy atom. The average Bonchev–Trinajstić information content (AvgIpc) is 2.92. The topological polar surface area (TPSA) is 68.8 Å². The smallest absolute Gasteiger partial charge is 0.229 e. The zero-order valence-electron chi connectivity index (χ0n) is 21.9. The molecule has 0 bridgehead atoms. The maximum atomic E-state index is 6.38. The molecule has 2 aliphatic heterocycles. The van der Waals surface area contributed by atoms with Gasteiger partial charge >= 0.3 is 0 Å². The Morgan fingerprint density at radius 3 is 2.43 bits per heavy atom. The van der Waals surface area contributed by atoms with Gasteiger partial charge in [0.25, 0.3) is 0 Å². The number of piperidine rings is 1. The van der Waals surface area contributed by atoms with Crippen molar-refractivity contribution in [2.45, 2.75) is 25.8 Å². The standard InChI is InChI=1S/C28H36ClN7O/c1-20-6-4-5-7-24(20)31-27-23(29)19-30-28(33-27)32-25-9-8-22(18-26(25)37-3)35-12-10-21(11-13-35)36-16-14-34(2)15-17-36/h4-9,18-19,21H,10-17H2,1-3H3,(H2,30,31,32,33). The number of benzene rings is 2. The third-order valence-corrected chi connectivity index (χ3v) is 7.73. The summed E-state index contributed by atoms with van der Waals surface area (Å²) in [5, 5.41) is 7.06. The number of nitrogens with one attached hydrogen (secondary N) is 2. The molecule has 2 aromatic carbocycles. The van der Waals surface area contributed by atoms with Crippen LogP contribution >= 0.6 is 11.6 Å². The summed E-state index contributed by atoms with van der Waals surface area (Å²) >= 11 is 6.38. The van der Waals surface area contributed by atoms with Crippen molar-refractivity contribution < 1.29 is 4.74 Å². The lowest BCUT2D eigenvalue weighted by Gasteiger charge is -2.42. The molecule has 0 amide bonds. The number of ether oxygens (including phenoxy) is 1. The summed E-state index contributed by atoms with van der Waals surface area (Å²) in [5.41, 5.74) is 4.05. The van der Waals surface area contributed by atoms with Gasteiger partial charge in [-0.2, -0.15) is 4.98 Å². The molecule has 0 radical (unpaired) electrons. The van der Waals surface area contributed by atoms with E-state index in [-0.39, 0.29) is 0 Å². The first-order valence-corrected chi connectivity index (χ1v) is 13.4. The number of piperazine rings is 1. The minimum atomic E-state index is 0.444. The van der Waals surface area contributed by atoms with Crippen molar-refractivity contribution >= 4 is 40.4 Å². The van der Waals surface area contributed by atoms with Gasteiger partial charge in [-0.15, -0.1) is 0 Å². The molecule has 0 atom stereocenters. The first kappa shape index (κ1) is 25.6. The molecule has 2 fully saturated rings. The van der Waals surface area contributed by atoms with Crippen molar-refractivity contribution in [3.05, 3.63) is 59.2 Å². The number of rotatable bonds is 7. The molecule has 2 N–H and O–H groups in total.